The first-order valence-corrected chi connectivity index (χ1v) is 14.8. The summed E-state index contributed by atoms with van der Waals surface area (Å²) in [6, 6.07) is 10.7. The van der Waals surface area contributed by atoms with E-state index in [-0.39, 0.29) is 42.1 Å². The Morgan fingerprint density at radius 1 is 0.600 bits per heavy atom. The number of fused-ring (bicyclic) bond motifs is 4. The van der Waals surface area contributed by atoms with Crippen LogP contribution in [0.1, 0.15) is 0 Å². The predicted octanol–water partition coefficient (Wildman–Crippen LogP) is 5.19. The van der Waals surface area contributed by atoms with Crippen molar-refractivity contribution >= 4 is 43.5 Å². The van der Waals surface area contributed by atoms with Crippen molar-refractivity contribution in [2.45, 2.75) is 0 Å². The van der Waals surface area contributed by atoms with Gasteiger partial charge >= 0.3 is 0 Å². The minimum atomic E-state index is 0. The molecule has 0 radical (unpaired) electrons. The van der Waals surface area contributed by atoms with Crippen molar-refractivity contribution in [3.05, 3.63) is 112 Å². The van der Waals surface area contributed by atoms with Crippen LogP contribution < -0.4 is 9.13 Å². The molecule has 0 bridgehead atoms. The van der Waals surface area contributed by atoms with E-state index in [4.69, 9.17) is 17.7 Å². The van der Waals surface area contributed by atoms with E-state index in [1.54, 1.807) is 43.3 Å². The number of furan rings is 4. The van der Waals surface area contributed by atoms with Crippen LogP contribution in [0.25, 0.3) is 77.8 Å². The van der Waals surface area contributed by atoms with E-state index in [9.17, 15) is 0 Å². The Hall–Kier alpha value is -5.18. The summed E-state index contributed by atoms with van der Waals surface area (Å²) < 4.78 is 33.7. The number of imidazole rings is 4. The quantitative estimate of drug-likeness (QED) is 0.178. The zero-order chi connectivity index (χ0) is 32.5. The number of benzene rings is 2. The first-order chi connectivity index (χ1) is 23.4. The molecule has 14 heteroatoms. The molecule has 12 nitrogen and oxygen atoms in total. The molecule has 0 spiro atoms. The van der Waals surface area contributed by atoms with Crippen LogP contribution >= 0.6 is 0 Å². The van der Waals surface area contributed by atoms with Crippen LogP contribution in [-0.2, 0) is 70.3 Å². The van der Waals surface area contributed by atoms with Gasteiger partial charge in [0.1, 0.15) is 0 Å². The average Bonchev–Trinajstić information content (AvgIpc) is 3.90. The molecule has 10 aromatic rings. The summed E-state index contributed by atoms with van der Waals surface area (Å²) in [7, 11) is 7.60. The number of rotatable bonds is 4. The number of aromatic nitrogens is 8. The maximum absolute atomic E-state index is 5.72. The van der Waals surface area contributed by atoms with Gasteiger partial charge in [0.2, 0.25) is 24.4 Å². The molecule has 10 rings (SSSR count). The van der Waals surface area contributed by atoms with Crippen molar-refractivity contribution in [3.8, 4) is 34.3 Å². The third-order valence-corrected chi connectivity index (χ3v) is 8.00. The van der Waals surface area contributed by atoms with Gasteiger partial charge in [-0.2, -0.15) is 0 Å². The van der Waals surface area contributed by atoms with Gasteiger partial charge in [0.05, 0.1) is 37.8 Å². The van der Waals surface area contributed by atoms with Crippen LogP contribution in [0.5, 0.6) is 0 Å². The van der Waals surface area contributed by atoms with E-state index >= 15 is 0 Å². The SMILES string of the molecule is Cn1[c-]nc(-c2coc3cc4coc(-n5[c-][n+](C)cc5)c4[c-]c23)c1.Cn1[c-]nc(-c2coc3cc4coc(-n5[c-][n+](C)cc5)c4[c-]c23)c1.[Pt].[Pt]. The minimum absolute atomic E-state index is 0. The Balaban J connectivity index is 0.000000151. The molecule has 0 amide bonds. The summed E-state index contributed by atoms with van der Waals surface area (Å²) in [6.45, 7) is 0. The summed E-state index contributed by atoms with van der Waals surface area (Å²) in [5.74, 6) is 1.35. The molecule has 0 aliphatic heterocycles. The van der Waals surface area contributed by atoms with Gasteiger partial charge in [-0.25, -0.2) is 0 Å². The predicted molar refractivity (Wildman–Crippen MR) is 170 cm³/mol. The van der Waals surface area contributed by atoms with Crippen molar-refractivity contribution in [1.29, 1.82) is 0 Å². The summed E-state index contributed by atoms with van der Waals surface area (Å²) in [5, 5.41) is 5.34. The maximum atomic E-state index is 5.72. The normalized spacial score (nSPS) is 11.3. The molecular formula is C36H24N8O4Pt2-4. The summed E-state index contributed by atoms with van der Waals surface area (Å²) in [6.07, 6.45) is 30.2. The van der Waals surface area contributed by atoms with Crippen LogP contribution in [0, 0.1) is 37.4 Å². The zero-order valence-electron chi connectivity index (χ0n) is 26.8. The molecule has 0 saturated carbocycles. The fourth-order valence-corrected chi connectivity index (χ4v) is 5.71. The van der Waals surface area contributed by atoms with E-state index in [1.165, 1.54) is 0 Å². The topological polar surface area (TPSA) is 106 Å². The van der Waals surface area contributed by atoms with Gasteiger partial charge in [-0.15, -0.1) is 24.5 Å². The summed E-state index contributed by atoms with van der Waals surface area (Å²) >= 11 is 0. The Labute approximate surface area is 313 Å². The smallest absolute Gasteiger partial charge is 0.247 e. The molecule has 0 aliphatic carbocycles. The Bertz CT molecular complexity index is 2400. The van der Waals surface area contributed by atoms with E-state index in [2.05, 4.69) is 47.4 Å². The van der Waals surface area contributed by atoms with Gasteiger partial charge in [-0.05, 0) is 35.6 Å². The van der Waals surface area contributed by atoms with Crippen LogP contribution in [0.15, 0.2) is 92.0 Å². The molecule has 8 aromatic heterocycles. The van der Waals surface area contributed by atoms with Gasteiger partial charge in [-0.1, -0.05) is 45.4 Å². The van der Waals surface area contributed by atoms with Gasteiger partial charge in [0, 0.05) is 92.1 Å². The van der Waals surface area contributed by atoms with Crippen molar-refractivity contribution < 1.29 is 68.9 Å². The second kappa shape index (κ2) is 12.9. The molecule has 8 heterocycles. The van der Waals surface area contributed by atoms with E-state index < -0.39 is 0 Å². The first kappa shape index (κ1) is 33.3. The van der Waals surface area contributed by atoms with Gasteiger partial charge in [0.15, 0.2) is 0 Å². The van der Waals surface area contributed by atoms with Gasteiger partial charge < -0.3 is 45.9 Å². The zero-order valence-corrected chi connectivity index (χ0v) is 31.3. The molecule has 256 valence electrons. The second-order valence-electron chi connectivity index (χ2n) is 11.5. The number of aryl methyl sites for hydroxylation is 4. The van der Waals surface area contributed by atoms with Crippen LogP contribution in [0.4, 0.5) is 0 Å². The first-order valence-electron chi connectivity index (χ1n) is 14.8. The number of hydrogen-bond acceptors (Lipinski definition) is 6. The van der Waals surface area contributed by atoms with E-state index in [1.807, 2.05) is 86.6 Å². The molecule has 0 fully saturated rings. The maximum Gasteiger partial charge on any atom is 0.247 e. The Morgan fingerprint density at radius 3 is 1.40 bits per heavy atom. The molecule has 0 unspecified atom stereocenters. The molecule has 2 aromatic carbocycles. The van der Waals surface area contributed by atoms with Crippen molar-refractivity contribution in [3.63, 3.8) is 0 Å². The fourth-order valence-electron chi connectivity index (χ4n) is 5.71. The minimum Gasteiger partial charge on any atom is -0.508 e. The van der Waals surface area contributed by atoms with Crippen LogP contribution in [-0.4, -0.2) is 28.2 Å². The van der Waals surface area contributed by atoms with Crippen molar-refractivity contribution in [2.24, 2.45) is 28.2 Å². The Kier molecular flexibility index (Phi) is 8.62. The molecule has 0 saturated heterocycles. The summed E-state index contributed by atoms with van der Waals surface area (Å²) in [4.78, 5) is 8.56. The molecule has 0 N–H and O–H groups in total. The van der Waals surface area contributed by atoms with Crippen molar-refractivity contribution in [2.75, 3.05) is 0 Å². The Morgan fingerprint density at radius 2 is 1.04 bits per heavy atom. The fraction of sp³-hybridized carbons (Fsp3) is 0.111. The second-order valence-corrected chi connectivity index (χ2v) is 11.5. The molecule has 0 aliphatic rings. The van der Waals surface area contributed by atoms with E-state index in [0.29, 0.717) is 11.8 Å². The standard InChI is InChI=1S/2C18H12N4O2.2Pt/c2*1-20-3-4-22(11-20)18-13-6-14-15(16-7-21(2)10-19-16)9-23-17(14)5-12(13)8-24-18;;/h2*3-5,7-9H,1-2H3;;/q2*-2;;. The monoisotopic (exact) mass is 1020 g/mol. The molecular weight excluding hydrogens is 999 g/mol. The molecule has 0 atom stereocenters. The van der Waals surface area contributed by atoms with Crippen molar-refractivity contribution in [1.82, 2.24) is 28.2 Å². The third kappa shape index (κ3) is 5.68. The number of hydrogen-bond donors (Lipinski definition) is 0. The summed E-state index contributed by atoms with van der Waals surface area (Å²) in [5.41, 5.74) is 4.87. The number of nitrogens with zero attached hydrogens (tertiary/aromatic N) is 8. The largest absolute Gasteiger partial charge is 0.508 e. The third-order valence-electron chi connectivity index (χ3n) is 8.00. The average molecular weight is 1020 g/mol. The van der Waals surface area contributed by atoms with Gasteiger partial charge in [0.25, 0.3) is 0 Å². The van der Waals surface area contributed by atoms with Crippen LogP contribution in [0.2, 0.25) is 0 Å². The van der Waals surface area contributed by atoms with Gasteiger partial charge in [-0.3, -0.25) is 9.13 Å². The molecule has 50 heavy (non-hydrogen) atoms. The van der Waals surface area contributed by atoms with E-state index in [0.717, 1.165) is 66.0 Å². The van der Waals surface area contributed by atoms with Crippen LogP contribution in [0.3, 0.4) is 0 Å².